The Labute approximate surface area is 134 Å². The van der Waals surface area contributed by atoms with Crippen LogP contribution in [-0.4, -0.2) is 30.2 Å². The molecule has 2 aromatic rings. The van der Waals surface area contributed by atoms with Crippen molar-refractivity contribution in [1.82, 2.24) is 0 Å². The SMILES string of the molecule is COCO[C@H](c1ccccc1)C(O)C(=O)Sc1ccccc1. The van der Waals surface area contributed by atoms with Crippen LogP contribution in [-0.2, 0) is 14.3 Å². The Hall–Kier alpha value is -1.66. The molecule has 0 heterocycles. The summed E-state index contributed by atoms with van der Waals surface area (Å²) in [6, 6.07) is 18.4. The van der Waals surface area contributed by atoms with Gasteiger partial charge in [0, 0.05) is 12.0 Å². The van der Waals surface area contributed by atoms with E-state index >= 15 is 0 Å². The van der Waals surface area contributed by atoms with E-state index in [1.165, 1.54) is 7.11 Å². The fraction of sp³-hybridized carbons (Fsp3) is 0.235. The highest BCUT2D eigenvalue weighted by Gasteiger charge is 2.29. The van der Waals surface area contributed by atoms with Gasteiger partial charge in [-0.1, -0.05) is 48.5 Å². The molecule has 0 fully saturated rings. The maximum atomic E-state index is 12.3. The first-order valence-electron chi connectivity index (χ1n) is 6.82. The predicted octanol–water partition coefficient (Wildman–Crippen LogP) is 3.03. The Morgan fingerprint density at radius 1 is 1.09 bits per heavy atom. The molecule has 0 aliphatic rings. The van der Waals surface area contributed by atoms with Crippen LogP contribution in [0.15, 0.2) is 65.6 Å². The van der Waals surface area contributed by atoms with Gasteiger partial charge >= 0.3 is 0 Å². The molecular formula is C17H18O4S. The zero-order valence-corrected chi connectivity index (χ0v) is 13.0. The van der Waals surface area contributed by atoms with Gasteiger partial charge in [0.25, 0.3) is 0 Å². The second kappa shape index (κ2) is 8.70. The molecule has 0 bridgehead atoms. The van der Waals surface area contributed by atoms with E-state index in [1.807, 2.05) is 60.7 Å². The smallest absolute Gasteiger partial charge is 0.225 e. The molecule has 0 radical (unpaired) electrons. The van der Waals surface area contributed by atoms with Gasteiger partial charge in [-0.05, 0) is 29.5 Å². The topological polar surface area (TPSA) is 55.8 Å². The minimum absolute atomic E-state index is 0.0000946. The number of hydrogen-bond acceptors (Lipinski definition) is 5. The van der Waals surface area contributed by atoms with Gasteiger partial charge in [-0.25, -0.2) is 0 Å². The molecule has 5 heteroatoms. The van der Waals surface area contributed by atoms with Crippen LogP contribution in [0.2, 0.25) is 0 Å². The lowest BCUT2D eigenvalue weighted by Gasteiger charge is -2.22. The van der Waals surface area contributed by atoms with Gasteiger partial charge in [0.05, 0.1) is 0 Å². The maximum Gasteiger partial charge on any atom is 0.225 e. The number of aliphatic hydroxyl groups is 1. The van der Waals surface area contributed by atoms with Crippen LogP contribution in [0.5, 0.6) is 0 Å². The van der Waals surface area contributed by atoms with Crippen molar-refractivity contribution in [2.75, 3.05) is 13.9 Å². The summed E-state index contributed by atoms with van der Waals surface area (Å²) in [5.74, 6) is 0. The van der Waals surface area contributed by atoms with E-state index in [1.54, 1.807) is 0 Å². The van der Waals surface area contributed by atoms with Gasteiger partial charge in [-0.15, -0.1) is 0 Å². The van der Waals surface area contributed by atoms with Crippen LogP contribution in [0.3, 0.4) is 0 Å². The van der Waals surface area contributed by atoms with Gasteiger partial charge in [-0.2, -0.15) is 0 Å². The molecule has 0 aliphatic heterocycles. The quantitative estimate of drug-likeness (QED) is 0.628. The largest absolute Gasteiger partial charge is 0.381 e. The average molecular weight is 318 g/mol. The number of carbonyl (C=O) groups excluding carboxylic acids is 1. The summed E-state index contributed by atoms with van der Waals surface area (Å²) in [7, 11) is 1.50. The van der Waals surface area contributed by atoms with E-state index in [0.717, 1.165) is 22.2 Å². The highest BCUT2D eigenvalue weighted by molar-refractivity contribution is 8.13. The number of methoxy groups -OCH3 is 1. The molecule has 0 saturated carbocycles. The zero-order valence-electron chi connectivity index (χ0n) is 12.2. The molecule has 1 N–H and O–H groups in total. The average Bonchev–Trinajstić information content (AvgIpc) is 2.57. The molecule has 4 nitrogen and oxygen atoms in total. The third-order valence-electron chi connectivity index (χ3n) is 2.98. The number of thioether (sulfide) groups is 1. The first-order chi connectivity index (χ1) is 10.7. The normalized spacial score (nSPS) is 13.5. The predicted molar refractivity (Wildman–Crippen MR) is 85.5 cm³/mol. The number of rotatable bonds is 7. The molecule has 22 heavy (non-hydrogen) atoms. The van der Waals surface area contributed by atoms with E-state index in [9.17, 15) is 9.90 Å². The fourth-order valence-electron chi connectivity index (χ4n) is 1.94. The fourth-order valence-corrected chi connectivity index (χ4v) is 2.71. The minimum atomic E-state index is -1.28. The summed E-state index contributed by atoms with van der Waals surface area (Å²) in [6.45, 7) is -0.0000946. The van der Waals surface area contributed by atoms with E-state index in [2.05, 4.69) is 0 Å². The van der Waals surface area contributed by atoms with Crippen molar-refractivity contribution in [2.24, 2.45) is 0 Å². The van der Waals surface area contributed by atoms with Gasteiger partial charge in [0.2, 0.25) is 5.12 Å². The highest BCUT2D eigenvalue weighted by Crippen LogP contribution is 2.28. The molecule has 2 atom stereocenters. The molecule has 116 valence electrons. The molecule has 1 unspecified atom stereocenters. The van der Waals surface area contributed by atoms with Crippen molar-refractivity contribution in [1.29, 1.82) is 0 Å². The Balaban J connectivity index is 2.10. The summed E-state index contributed by atoms with van der Waals surface area (Å²) < 4.78 is 10.4. The van der Waals surface area contributed by atoms with Crippen molar-refractivity contribution in [2.45, 2.75) is 17.1 Å². The number of carbonyl (C=O) groups is 1. The Morgan fingerprint density at radius 2 is 1.68 bits per heavy atom. The monoisotopic (exact) mass is 318 g/mol. The second-order valence-electron chi connectivity index (χ2n) is 4.58. The number of hydrogen-bond donors (Lipinski definition) is 1. The first-order valence-corrected chi connectivity index (χ1v) is 7.64. The van der Waals surface area contributed by atoms with Crippen molar-refractivity contribution in [3.63, 3.8) is 0 Å². The van der Waals surface area contributed by atoms with E-state index in [-0.39, 0.29) is 11.9 Å². The summed E-state index contributed by atoms with van der Waals surface area (Å²) in [6.07, 6.45) is -2.03. The van der Waals surface area contributed by atoms with Crippen molar-refractivity contribution in [3.8, 4) is 0 Å². The lowest BCUT2D eigenvalue weighted by Crippen LogP contribution is -2.28. The van der Waals surface area contributed by atoms with Crippen molar-refractivity contribution < 1.29 is 19.4 Å². The van der Waals surface area contributed by atoms with Gasteiger partial charge in [0.15, 0.2) is 6.10 Å². The number of benzene rings is 2. The molecule has 0 aliphatic carbocycles. The van der Waals surface area contributed by atoms with E-state index < -0.39 is 12.2 Å². The molecule has 0 amide bonds. The van der Waals surface area contributed by atoms with Crippen molar-refractivity contribution >= 4 is 16.9 Å². The van der Waals surface area contributed by atoms with E-state index in [4.69, 9.17) is 9.47 Å². The number of ether oxygens (including phenoxy) is 2. The van der Waals surface area contributed by atoms with Crippen molar-refractivity contribution in [3.05, 3.63) is 66.2 Å². The Morgan fingerprint density at radius 3 is 2.27 bits per heavy atom. The summed E-state index contributed by atoms with van der Waals surface area (Å²) in [4.78, 5) is 13.1. The van der Waals surface area contributed by atoms with Gasteiger partial charge in [-0.3, -0.25) is 4.79 Å². The van der Waals surface area contributed by atoms with Crippen LogP contribution < -0.4 is 0 Å². The minimum Gasteiger partial charge on any atom is -0.381 e. The molecule has 0 saturated heterocycles. The van der Waals surface area contributed by atoms with Gasteiger partial charge in [0.1, 0.15) is 12.9 Å². The maximum absolute atomic E-state index is 12.3. The Kier molecular flexibility index (Phi) is 6.61. The molecule has 0 aromatic heterocycles. The zero-order chi connectivity index (χ0) is 15.8. The second-order valence-corrected chi connectivity index (χ2v) is 5.66. The third kappa shape index (κ3) is 4.68. The summed E-state index contributed by atoms with van der Waals surface area (Å²) in [5, 5.41) is 10.0. The van der Waals surface area contributed by atoms with Gasteiger partial charge < -0.3 is 14.6 Å². The molecule has 0 spiro atoms. The van der Waals surface area contributed by atoms with Crippen LogP contribution in [0.25, 0.3) is 0 Å². The summed E-state index contributed by atoms with van der Waals surface area (Å²) in [5.41, 5.74) is 0.731. The first kappa shape index (κ1) is 16.7. The van der Waals surface area contributed by atoms with Crippen LogP contribution in [0.4, 0.5) is 0 Å². The molecule has 2 rings (SSSR count). The van der Waals surface area contributed by atoms with Crippen LogP contribution in [0, 0.1) is 0 Å². The lowest BCUT2D eigenvalue weighted by molar-refractivity contribution is -0.139. The van der Waals surface area contributed by atoms with Crippen LogP contribution in [0.1, 0.15) is 11.7 Å². The lowest BCUT2D eigenvalue weighted by atomic mass is 10.1. The Bertz CT molecular complexity index is 574. The standard InChI is InChI=1S/C17H18O4S/c1-20-12-21-16(13-8-4-2-5-9-13)15(18)17(19)22-14-10-6-3-7-11-14/h2-11,15-16,18H,12H2,1H3/t15?,16-/m1/s1. The third-order valence-corrected chi connectivity index (χ3v) is 3.93. The number of aliphatic hydroxyl groups excluding tert-OH is 1. The highest BCUT2D eigenvalue weighted by atomic mass is 32.2. The molecular weight excluding hydrogens is 300 g/mol. The summed E-state index contributed by atoms with van der Waals surface area (Å²) >= 11 is 0.998. The van der Waals surface area contributed by atoms with E-state index in [0.29, 0.717) is 0 Å². The van der Waals surface area contributed by atoms with Crippen LogP contribution >= 0.6 is 11.8 Å². The molecule has 2 aromatic carbocycles.